The molecule has 0 nitrogen and oxygen atoms in total. The van der Waals surface area contributed by atoms with E-state index in [1.165, 1.54) is 0 Å². The SMILES string of the molecule is ClC1=CC[CH][C]=C1. The van der Waals surface area contributed by atoms with Gasteiger partial charge in [-0.15, -0.1) is 0 Å². The molecule has 0 amide bonds. The third-order valence-electron chi connectivity index (χ3n) is 0.770. The number of rotatable bonds is 0. The molecule has 0 heterocycles. The van der Waals surface area contributed by atoms with Gasteiger partial charge in [0.25, 0.3) is 0 Å². The molecule has 0 atom stereocenters. The van der Waals surface area contributed by atoms with Crippen LogP contribution in [0.2, 0.25) is 0 Å². The summed E-state index contributed by atoms with van der Waals surface area (Å²) >= 11 is 5.54. The van der Waals surface area contributed by atoms with E-state index in [4.69, 9.17) is 11.6 Å². The quantitative estimate of drug-likeness (QED) is 0.450. The first kappa shape index (κ1) is 4.92. The van der Waals surface area contributed by atoms with Crippen LogP contribution in [-0.4, -0.2) is 0 Å². The Labute approximate surface area is 48.5 Å². The summed E-state index contributed by atoms with van der Waals surface area (Å²) < 4.78 is 0. The molecule has 0 saturated carbocycles. The summed E-state index contributed by atoms with van der Waals surface area (Å²) in [5.41, 5.74) is 0. The largest absolute Gasteiger partial charge is 0.0847 e. The van der Waals surface area contributed by atoms with Crippen LogP contribution in [0.1, 0.15) is 6.42 Å². The Morgan fingerprint density at radius 1 is 1.71 bits per heavy atom. The zero-order chi connectivity index (χ0) is 5.11. The highest BCUT2D eigenvalue weighted by molar-refractivity contribution is 6.31. The summed E-state index contributed by atoms with van der Waals surface area (Å²) in [4.78, 5) is 0. The van der Waals surface area contributed by atoms with E-state index in [2.05, 4.69) is 6.08 Å². The Hall–Kier alpha value is -0.230. The molecule has 0 N–H and O–H groups in total. The smallest absolute Gasteiger partial charge is 0.0369 e. The molecule has 2 radical (unpaired) electrons. The molecule has 0 spiro atoms. The molecular weight excluding hydrogens is 108 g/mol. The van der Waals surface area contributed by atoms with Crippen molar-refractivity contribution in [3.63, 3.8) is 0 Å². The van der Waals surface area contributed by atoms with E-state index < -0.39 is 0 Å². The first-order valence-electron chi connectivity index (χ1n) is 2.16. The molecule has 0 saturated heterocycles. The van der Waals surface area contributed by atoms with Gasteiger partial charge in [0.1, 0.15) is 0 Å². The van der Waals surface area contributed by atoms with Crippen LogP contribution in [0.25, 0.3) is 0 Å². The average Bonchev–Trinajstić information content (AvgIpc) is 1.69. The van der Waals surface area contributed by atoms with Crippen LogP contribution in [0, 0.1) is 12.5 Å². The minimum Gasteiger partial charge on any atom is -0.0847 e. The summed E-state index contributed by atoms with van der Waals surface area (Å²) in [5.74, 6) is 0. The maximum absolute atomic E-state index is 5.54. The van der Waals surface area contributed by atoms with Gasteiger partial charge in [0, 0.05) is 5.03 Å². The van der Waals surface area contributed by atoms with Gasteiger partial charge in [-0.2, -0.15) is 0 Å². The summed E-state index contributed by atoms with van der Waals surface area (Å²) in [6, 6.07) is 0. The Balaban J connectivity index is 2.58. The second kappa shape index (κ2) is 2.17. The molecule has 0 bridgehead atoms. The van der Waals surface area contributed by atoms with Gasteiger partial charge >= 0.3 is 0 Å². The fourth-order valence-electron chi connectivity index (χ4n) is 0.437. The average molecular weight is 113 g/mol. The van der Waals surface area contributed by atoms with Crippen LogP contribution in [0.3, 0.4) is 0 Å². The highest BCUT2D eigenvalue weighted by Crippen LogP contribution is 2.10. The van der Waals surface area contributed by atoms with Gasteiger partial charge in [-0.3, -0.25) is 0 Å². The maximum atomic E-state index is 5.54. The molecule has 1 aliphatic carbocycles. The molecule has 0 aromatic carbocycles. The van der Waals surface area contributed by atoms with Crippen molar-refractivity contribution in [3.05, 3.63) is 29.7 Å². The third-order valence-corrected chi connectivity index (χ3v) is 1.03. The Kier molecular flexibility index (Phi) is 1.53. The molecule has 1 heteroatoms. The van der Waals surface area contributed by atoms with Crippen LogP contribution in [0.4, 0.5) is 0 Å². The van der Waals surface area contributed by atoms with Crippen molar-refractivity contribution in [2.45, 2.75) is 6.42 Å². The van der Waals surface area contributed by atoms with Crippen molar-refractivity contribution < 1.29 is 0 Å². The number of halogens is 1. The lowest BCUT2D eigenvalue weighted by Crippen LogP contribution is -1.76. The van der Waals surface area contributed by atoms with Crippen LogP contribution in [0.15, 0.2) is 17.2 Å². The van der Waals surface area contributed by atoms with Crippen LogP contribution in [0.5, 0.6) is 0 Å². The van der Waals surface area contributed by atoms with E-state index in [0.717, 1.165) is 11.5 Å². The van der Waals surface area contributed by atoms with E-state index >= 15 is 0 Å². The van der Waals surface area contributed by atoms with Gasteiger partial charge in [-0.1, -0.05) is 17.7 Å². The van der Waals surface area contributed by atoms with Crippen molar-refractivity contribution in [2.24, 2.45) is 0 Å². The molecular formula is C6H5Cl. The summed E-state index contributed by atoms with van der Waals surface area (Å²) in [6.07, 6.45) is 9.44. The Morgan fingerprint density at radius 2 is 2.57 bits per heavy atom. The first-order chi connectivity index (χ1) is 3.39. The zero-order valence-corrected chi connectivity index (χ0v) is 4.57. The minimum atomic E-state index is 0.794. The minimum absolute atomic E-state index is 0.794. The second-order valence-corrected chi connectivity index (χ2v) is 1.78. The van der Waals surface area contributed by atoms with Crippen molar-refractivity contribution in [2.75, 3.05) is 0 Å². The predicted octanol–water partition coefficient (Wildman–Crippen LogP) is 2.08. The summed E-state index contributed by atoms with van der Waals surface area (Å²) in [7, 11) is 0. The molecule has 0 unspecified atom stereocenters. The molecule has 0 aliphatic heterocycles. The fourth-order valence-corrected chi connectivity index (χ4v) is 0.589. The van der Waals surface area contributed by atoms with E-state index in [0.29, 0.717) is 0 Å². The molecule has 0 fully saturated rings. The second-order valence-electron chi connectivity index (χ2n) is 1.34. The van der Waals surface area contributed by atoms with E-state index in [9.17, 15) is 0 Å². The normalized spacial score (nSPS) is 19.3. The van der Waals surface area contributed by atoms with Crippen molar-refractivity contribution >= 4 is 11.6 Å². The monoisotopic (exact) mass is 112 g/mol. The van der Waals surface area contributed by atoms with Crippen molar-refractivity contribution in [1.29, 1.82) is 0 Å². The molecule has 1 aliphatic rings. The molecule has 0 aromatic rings. The Bertz CT molecular complexity index is 111. The number of allylic oxidation sites excluding steroid dienone is 4. The van der Waals surface area contributed by atoms with Gasteiger partial charge in [0.05, 0.1) is 0 Å². The highest BCUT2D eigenvalue weighted by Gasteiger charge is 1.89. The lowest BCUT2D eigenvalue weighted by molar-refractivity contribution is 1.24. The third kappa shape index (κ3) is 1.36. The van der Waals surface area contributed by atoms with Gasteiger partial charge in [-0.05, 0) is 25.0 Å². The molecule has 1 rings (SSSR count). The topological polar surface area (TPSA) is 0 Å². The lowest BCUT2D eigenvalue weighted by Gasteiger charge is -1.93. The molecule has 7 heavy (non-hydrogen) atoms. The first-order valence-corrected chi connectivity index (χ1v) is 2.54. The predicted molar refractivity (Wildman–Crippen MR) is 30.7 cm³/mol. The van der Waals surface area contributed by atoms with Crippen LogP contribution < -0.4 is 0 Å². The van der Waals surface area contributed by atoms with Crippen molar-refractivity contribution in [1.82, 2.24) is 0 Å². The van der Waals surface area contributed by atoms with Crippen LogP contribution in [-0.2, 0) is 0 Å². The molecule has 0 aromatic heterocycles. The van der Waals surface area contributed by atoms with Gasteiger partial charge in [0.2, 0.25) is 0 Å². The fraction of sp³-hybridized carbons (Fsp3) is 0.167. The number of hydrogen-bond donors (Lipinski definition) is 0. The van der Waals surface area contributed by atoms with Gasteiger partial charge in [0.15, 0.2) is 0 Å². The van der Waals surface area contributed by atoms with Gasteiger partial charge in [-0.25, -0.2) is 0 Å². The van der Waals surface area contributed by atoms with Crippen molar-refractivity contribution in [3.8, 4) is 0 Å². The highest BCUT2D eigenvalue weighted by atomic mass is 35.5. The summed E-state index contributed by atoms with van der Waals surface area (Å²) in [6.45, 7) is 0. The van der Waals surface area contributed by atoms with Gasteiger partial charge < -0.3 is 0 Å². The zero-order valence-electron chi connectivity index (χ0n) is 3.82. The van der Waals surface area contributed by atoms with Crippen LogP contribution >= 0.6 is 11.6 Å². The summed E-state index contributed by atoms with van der Waals surface area (Å²) in [5, 5.41) is 0.794. The van der Waals surface area contributed by atoms with E-state index in [1.807, 2.05) is 12.5 Å². The maximum Gasteiger partial charge on any atom is 0.0369 e. The number of hydrogen-bond acceptors (Lipinski definition) is 0. The molecule has 36 valence electrons. The standard InChI is InChI=1S/C6H5Cl/c7-6-4-2-1-3-5-6/h1,4-5H,2H2. The lowest BCUT2D eigenvalue weighted by atomic mass is 10.2. The van der Waals surface area contributed by atoms with E-state index in [1.54, 1.807) is 6.08 Å². The van der Waals surface area contributed by atoms with E-state index in [-0.39, 0.29) is 0 Å². The Morgan fingerprint density at radius 3 is 2.86 bits per heavy atom.